The molecule has 18 rings (SSSR count). The lowest BCUT2D eigenvalue weighted by Crippen LogP contribution is -2.25. The second kappa shape index (κ2) is 18.8. The minimum atomic E-state index is -0.561. The van der Waals surface area contributed by atoms with Crippen molar-refractivity contribution >= 4 is 10.9 Å². The fourth-order valence-corrected chi connectivity index (χ4v) is 15.7. The van der Waals surface area contributed by atoms with Crippen molar-refractivity contribution in [1.29, 1.82) is 10.5 Å². The molecule has 0 atom stereocenters. The Balaban J connectivity index is 0.915. The number of hydrogen-bond donors (Lipinski definition) is 0. The molecule has 0 unspecified atom stereocenters. The minimum Gasteiger partial charge on any atom is -0.227 e. The number of fused-ring (bicyclic) bond motifs is 21. The lowest BCUT2D eigenvalue weighted by atomic mass is 9.70. The van der Waals surface area contributed by atoms with Crippen molar-refractivity contribution in [1.82, 2.24) is 9.97 Å². The van der Waals surface area contributed by atoms with Crippen LogP contribution < -0.4 is 0 Å². The van der Waals surface area contributed by atoms with Gasteiger partial charge < -0.3 is 0 Å². The third kappa shape index (κ3) is 6.89. The van der Waals surface area contributed by atoms with Crippen LogP contribution >= 0.6 is 0 Å². The lowest BCUT2D eigenvalue weighted by molar-refractivity contribution is 0.794. The summed E-state index contributed by atoms with van der Waals surface area (Å²) in [6, 6.07) is 110. The van der Waals surface area contributed by atoms with E-state index in [1.54, 1.807) is 0 Å². The van der Waals surface area contributed by atoms with E-state index in [-0.39, 0.29) is 0 Å². The molecule has 14 aromatic rings. The molecule has 4 aliphatic carbocycles. The molecule has 0 saturated carbocycles. The predicted molar refractivity (Wildman–Crippen MR) is 354 cm³/mol. The van der Waals surface area contributed by atoms with Gasteiger partial charge in [-0.3, -0.25) is 0 Å². The smallest absolute Gasteiger partial charge is 0.160 e. The van der Waals surface area contributed by atoms with E-state index in [0.717, 1.165) is 72.2 Å². The van der Waals surface area contributed by atoms with E-state index in [2.05, 4.69) is 261 Å². The standard InChI is InChI=1S/C84H48N4/c85-49-51-15-13-17-57(43-51)53-31-35-55(36-32-53)80-71-46-61(59-39-41-68-66-23-5-11-29-76(66)83(78(68)47-59)72-25-7-1-19-62(72)63-20-2-8-26-73(63)83)45-70(81(71)88-82(87-80)56-37-33-54(34-38-56)58-18-14-16-52(44-58)50-86)60-40-42-69-67-24-6-12-30-77(67)84(79(69)48-60)74-27-9-3-21-64(74)65-22-4-10-28-75(65)84/h1-48H. The van der Waals surface area contributed by atoms with Gasteiger partial charge in [0.2, 0.25) is 0 Å². The quantitative estimate of drug-likeness (QED) is 0.166. The maximum Gasteiger partial charge on any atom is 0.160 e. The Hall–Kier alpha value is -11.8. The highest BCUT2D eigenvalue weighted by molar-refractivity contribution is 6.06. The monoisotopic (exact) mass is 1110 g/mol. The molecule has 0 saturated heterocycles. The van der Waals surface area contributed by atoms with E-state index in [9.17, 15) is 10.5 Å². The van der Waals surface area contributed by atoms with Gasteiger partial charge in [0.15, 0.2) is 5.82 Å². The third-order valence-corrected chi connectivity index (χ3v) is 19.4. The number of benzene rings is 13. The molecule has 0 bridgehead atoms. The molecule has 4 aliphatic rings. The van der Waals surface area contributed by atoms with E-state index >= 15 is 0 Å². The number of nitrogens with zero attached hydrogens (tertiary/aromatic N) is 4. The molecule has 2 spiro atoms. The Morgan fingerprint density at radius 2 is 0.591 bits per heavy atom. The molecule has 4 nitrogen and oxygen atoms in total. The van der Waals surface area contributed by atoms with Crippen molar-refractivity contribution in [3.8, 4) is 124 Å². The summed E-state index contributed by atoms with van der Waals surface area (Å²) in [6.07, 6.45) is 0. The van der Waals surface area contributed by atoms with Crippen molar-refractivity contribution in [2.45, 2.75) is 10.8 Å². The first kappa shape index (κ1) is 49.6. The molecule has 0 amide bonds. The molecule has 0 fully saturated rings. The zero-order valence-electron chi connectivity index (χ0n) is 47.5. The Bertz CT molecular complexity index is 5300. The van der Waals surface area contributed by atoms with Crippen LogP contribution in [-0.2, 0) is 10.8 Å². The van der Waals surface area contributed by atoms with Gasteiger partial charge in [-0.1, -0.05) is 243 Å². The molecule has 1 aromatic heterocycles. The van der Waals surface area contributed by atoms with Gasteiger partial charge in [-0.15, -0.1) is 0 Å². The van der Waals surface area contributed by atoms with Crippen molar-refractivity contribution in [3.05, 3.63) is 347 Å². The second-order valence-corrected chi connectivity index (χ2v) is 23.6. The maximum absolute atomic E-state index is 9.89. The highest BCUT2D eigenvalue weighted by Gasteiger charge is 2.53. The molecule has 0 N–H and O–H groups in total. The average Bonchev–Trinajstić information content (AvgIpc) is 1.66. The van der Waals surface area contributed by atoms with Gasteiger partial charge in [-0.2, -0.15) is 10.5 Å². The zero-order valence-corrected chi connectivity index (χ0v) is 47.5. The van der Waals surface area contributed by atoms with Gasteiger partial charge >= 0.3 is 0 Å². The number of aromatic nitrogens is 2. The molecule has 404 valence electrons. The number of rotatable bonds is 6. The van der Waals surface area contributed by atoms with E-state index in [1.807, 2.05) is 42.5 Å². The van der Waals surface area contributed by atoms with Crippen molar-refractivity contribution in [2.24, 2.45) is 0 Å². The van der Waals surface area contributed by atoms with Crippen LogP contribution in [0.4, 0.5) is 0 Å². The summed E-state index contributed by atoms with van der Waals surface area (Å²) >= 11 is 0. The topological polar surface area (TPSA) is 73.4 Å². The fourth-order valence-electron chi connectivity index (χ4n) is 15.7. The normalized spacial score (nSPS) is 13.4. The molecule has 0 radical (unpaired) electrons. The Morgan fingerprint density at radius 1 is 0.239 bits per heavy atom. The van der Waals surface area contributed by atoms with E-state index in [4.69, 9.17) is 9.97 Å². The second-order valence-electron chi connectivity index (χ2n) is 23.6. The van der Waals surface area contributed by atoms with Crippen LogP contribution in [0.25, 0.3) is 123 Å². The summed E-state index contributed by atoms with van der Waals surface area (Å²) in [5, 5.41) is 20.6. The number of hydrogen-bond acceptors (Lipinski definition) is 4. The molecule has 13 aromatic carbocycles. The third-order valence-electron chi connectivity index (χ3n) is 19.4. The van der Waals surface area contributed by atoms with Crippen LogP contribution in [0.2, 0.25) is 0 Å². The van der Waals surface area contributed by atoms with Crippen molar-refractivity contribution < 1.29 is 0 Å². The summed E-state index contributed by atoms with van der Waals surface area (Å²) in [5.74, 6) is 0.596. The summed E-state index contributed by atoms with van der Waals surface area (Å²) in [5.41, 5.74) is 32.0. The van der Waals surface area contributed by atoms with Gasteiger partial charge in [0.1, 0.15) is 0 Å². The highest BCUT2D eigenvalue weighted by Crippen LogP contribution is 2.65. The van der Waals surface area contributed by atoms with Gasteiger partial charge in [-0.05, 0) is 176 Å². The summed E-state index contributed by atoms with van der Waals surface area (Å²) in [4.78, 5) is 11.4. The first-order chi connectivity index (χ1) is 43.5. The molecular weight excluding hydrogens is 1060 g/mol. The first-order valence-corrected chi connectivity index (χ1v) is 30.0. The fraction of sp³-hybridized carbons (Fsp3) is 0.0238. The number of nitriles is 2. The van der Waals surface area contributed by atoms with Crippen LogP contribution in [-0.4, -0.2) is 9.97 Å². The van der Waals surface area contributed by atoms with Crippen LogP contribution in [0.5, 0.6) is 0 Å². The zero-order chi connectivity index (χ0) is 58.2. The van der Waals surface area contributed by atoms with Crippen LogP contribution in [0.1, 0.15) is 55.6 Å². The van der Waals surface area contributed by atoms with E-state index in [1.165, 1.54) is 89.0 Å². The van der Waals surface area contributed by atoms with Crippen molar-refractivity contribution in [3.63, 3.8) is 0 Å². The lowest BCUT2D eigenvalue weighted by Gasteiger charge is -2.31. The van der Waals surface area contributed by atoms with Gasteiger partial charge in [0, 0.05) is 22.1 Å². The predicted octanol–water partition coefficient (Wildman–Crippen LogP) is 20.1. The molecular formula is C84H48N4. The SMILES string of the molecule is N#Cc1cccc(-c2ccc(-c3nc(-c4ccc(-c5cccc(C#N)c5)cc4)c4cc(-c5ccc6c(c5)C5(c7ccccc7-c7ccccc75)c5ccccc5-6)cc(-c5ccc6c(c5)C5(c7ccccc7-c7ccccc75)c5ccccc5-6)c4n3)cc2)c1. The van der Waals surface area contributed by atoms with Crippen LogP contribution in [0.15, 0.2) is 291 Å². The maximum atomic E-state index is 9.89. The average molecular weight is 1110 g/mol. The molecule has 1 heterocycles. The van der Waals surface area contributed by atoms with E-state index < -0.39 is 10.8 Å². The van der Waals surface area contributed by atoms with Gasteiger partial charge in [-0.25, -0.2) is 9.97 Å². The van der Waals surface area contributed by atoms with Crippen LogP contribution in [0.3, 0.4) is 0 Å². The van der Waals surface area contributed by atoms with Gasteiger partial charge in [0.05, 0.1) is 45.3 Å². The van der Waals surface area contributed by atoms with Gasteiger partial charge in [0.25, 0.3) is 0 Å². The minimum absolute atomic E-state index is 0.530. The molecule has 4 heteroatoms. The molecule has 88 heavy (non-hydrogen) atoms. The van der Waals surface area contributed by atoms with E-state index in [0.29, 0.717) is 17.0 Å². The molecule has 0 aliphatic heterocycles. The van der Waals surface area contributed by atoms with Crippen molar-refractivity contribution in [2.75, 3.05) is 0 Å². The first-order valence-electron chi connectivity index (χ1n) is 30.0. The van der Waals surface area contributed by atoms with Crippen LogP contribution in [0, 0.1) is 22.7 Å². The highest BCUT2D eigenvalue weighted by atomic mass is 14.9. The Labute approximate surface area is 509 Å². The largest absolute Gasteiger partial charge is 0.227 e. The Morgan fingerprint density at radius 3 is 1.02 bits per heavy atom. The summed E-state index contributed by atoms with van der Waals surface area (Å²) < 4.78 is 0. The summed E-state index contributed by atoms with van der Waals surface area (Å²) in [6.45, 7) is 0. The Kier molecular flexibility index (Phi) is 10.6. The summed E-state index contributed by atoms with van der Waals surface area (Å²) in [7, 11) is 0.